The third-order valence-corrected chi connectivity index (χ3v) is 7.09. The highest BCUT2D eigenvalue weighted by Gasteiger charge is 2.34. The predicted octanol–water partition coefficient (Wildman–Crippen LogP) is 4.29. The second-order valence-corrected chi connectivity index (χ2v) is 9.93. The zero-order valence-electron chi connectivity index (χ0n) is 19.1. The lowest BCUT2D eigenvalue weighted by molar-refractivity contribution is -0.156. The molecule has 0 radical (unpaired) electrons. The number of rotatable bonds is 10. The van der Waals surface area contributed by atoms with E-state index in [9.17, 15) is 14.4 Å². The summed E-state index contributed by atoms with van der Waals surface area (Å²) >= 11 is 2.98. The zero-order valence-corrected chi connectivity index (χ0v) is 20.7. The molecule has 1 aromatic heterocycles. The van der Waals surface area contributed by atoms with Crippen molar-refractivity contribution in [2.75, 3.05) is 16.9 Å². The summed E-state index contributed by atoms with van der Waals surface area (Å²) in [5.74, 6) is -0.547. The fourth-order valence-electron chi connectivity index (χ4n) is 3.92. The number of hydrogen-bond donors (Lipinski definition) is 1. The van der Waals surface area contributed by atoms with Crippen LogP contribution in [-0.2, 0) is 14.3 Å². The smallest absolute Gasteiger partial charge is 0.329 e. The van der Waals surface area contributed by atoms with Crippen molar-refractivity contribution in [3.05, 3.63) is 47.5 Å². The van der Waals surface area contributed by atoms with Gasteiger partial charge in [0.25, 0.3) is 11.8 Å². The molecule has 178 valence electrons. The summed E-state index contributed by atoms with van der Waals surface area (Å²) in [5, 5.41) is 5.24. The molecule has 1 fully saturated rings. The molecule has 1 heterocycles. The lowest BCUT2D eigenvalue weighted by atomic mass is 9.94. The molecule has 1 aliphatic rings. The van der Waals surface area contributed by atoms with E-state index in [1.165, 1.54) is 17.8 Å². The van der Waals surface area contributed by atoms with Gasteiger partial charge in [0.2, 0.25) is 0 Å². The number of benzene rings is 1. The van der Waals surface area contributed by atoms with E-state index in [0.29, 0.717) is 22.9 Å². The molecule has 2 amide bonds. The number of anilines is 1. The van der Waals surface area contributed by atoms with E-state index in [2.05, 4.69) is 10.3 Å². The summed E-state index contributed by atoms with van der Waals surface area (Å²) in [6.45, 7) is 1.59. The van der Waals surface area contributed by atoms with Crippen LogP contribution in [0.3, 0.4) is 0 Å². The van der Waals surface area contributed by atoms with Crippen molar-refractivity contribution in [2.24, 2.45) is 0 Å². The molecule has 7 nitrogen and oxygen atoms in total. The highest BCUT2D eigenvalue weighted by Crippen LogP contribution is 2.29. The molecule has 0 saturated heterocycles. The van der Waals surface area contributed by atoms with E-state index in [1.54, 1.807) is 54.0 Å². The Morgan fingerprint density at radius 1 is 1.21 bits per heavy atom. The molecule has 3 rings (SSSR count). The minimum absolute atomic E-state index is 0.0589. The summed E-state index contributed by atoms with van der Waals surface area (Å²) in [6.07, 6.45) is 8.17. The first-order chi connectivity index (χ1) is 16.0. The first kappa shape index (κ1) is 25.2. The van der Waals surface area contributed by atoms with Gasteiger partial charge in [-0.2, -0.15) is 11.8 Å². The largest absolute Gasteiger partial charge is 0.451 e. The van der Waals surface area contributed by atoms with E-state index in [-0.39, 0.29) is 17.9 Å². The average Bonchev–Trinajstić information content (AvgIpc) is 3.37. The van der Waals surface area contributed by atoms with Gasteiger partial charge >= 0.3 is 5.97 Å². The minimum atomic E-state index is -0.978. The third kappa shape index (κ3) is 7.04. The number of hydrogen-bond acceptors (Lipinski definition) is 7. The zero-order chi connectivity index (χ0) is 23.6. The highest BCUT2D eigenvalue weighted by molar-refractivity contribution is 7.98. The van der Waals surface area contributed by atoms with Gasteiger partial charge in [-0.05, 0) is 50.3 Å². The molecule has 2 unspecified atom stereocenters. The molecule has 2 aromatic rings. The Kier molecular flexibility index (Phi) is 9.75. The Morgan fingerprint density at radius 3 is 2.58 bits per heavy atom. The molecular formula is C24H31N3O4S2. The van der Waals surface area contributed by atoms with Crippen LogP contribution in [0.4, 0.5) is 5.13 Å². The molecule has 33 heavy (non-hydrogen) atoms. The van der Waals surface area contributed by atoms with Gasteiger partial charge in [-0.25, -0.2) is 9.78 Å². The van der Waals surface area contributed by atoms with Gasteiger partial charge in [0.05, 0.1) is 0 Å². The summed E-state index contributed by atoms with van der Waals surface area (Å²) in [4.78, 5) is 45.0. The SMILES string of the molecule is CSCCC(NC(=O)c1ccccc1)C(=O)OC(C)C(=O)N(c1nccs1)C1CCCCC1. The van der Waals surface area contributed by atoms with Crippen LogP contribution in [0.15, 0.2) is 41.9 Å². The number of aromatic nitrogens is 1. The molecule has 1 N–H and O–H groups in total. The number of thiazole rings is 1. The van der Waals surface area contributed by atoms with Crippen LogP contribution in [0.25, 0.3) is 0 Å². The number of amides is 2. The van der Waals surface area contributed by atoms with Crippen molar-refractivity contribution < 1.29 is 19.1 Å². The third-order valence-electron chi connectivity index (χ3n) is 5.68. The molecular weight excluding hydrogens is 458 g/mol. The van der Waals surface area contributed by atoms with Crippen LogP contribution >= 0.6 is 23.1 Å². The van der Waals surface area contributed by atoms with Crippen LogP contribution in [0, 0.1) is 0 Å². The van der Waals surface area contributed by atoms with Crippen LogP contribution in [0.1, 0.15) is 55.8 Å². The van der Waals surface area contributed by atoms with Gasteiger partial charge in [-0.15, -0.1) is 11.3 Å². The fourth-order valence-corrected chi connectivity index (χ4v) is 5.11. The monoisotopic (exact) mass is 489 g/mol. The van der Waals surface area contributed by atoms with Gasteiger partial charge in [-0.1, -0.05) is 37.5 Å². The van der Waals surface area contributed by atoms with Crippen molar-refractivity contribution in [2.45, 2.75) is 63.6 Å². The van der Waals surface area contributed by atoms with Crippen LogP contribution in [0.5, 0.6) is 0 Å². The summed E-state index contributed by atoms with van der Waals surface area (Å²) in [7, 11) is 0. The maximum absolute atomic E-state index is 13.4. The molecule has 0 aliphatic heterocycles. The van der Waals surface area contributed by atoms with Gasteiger partial charge in [-0.3, -0.25) is 14.5 Å². The van der Waals surface area contributed by atoms with Crippen molar-refractivity contribution in [1.29, 1.82) is 0 Å². The Hall–Kier alpha value is -2.39. The Bertz CT molecular complexity index is 902. The van der Waals surface area contributed by atoms with Crippen molar-refractivity contribution in [3.8, 4) is 0 Å². The van der Waals surface area contributed by atoms with Crippen LogP contribution in [-0.4, -0.2) is 53.0 Å². The van der Waals surface area contributed by atoms with Gasteiger partial charge in [0, 0.05) is 23.2 Å². The Labute approximate surface area is 203 Å². The lowest BCUT2D eigenvalue weighted by Gasteiger charge is -2.34. The van der Waals surface area contributed by atoms with E-state index in [4.69, 9.17) is 4.74 Å². The highest BCUT2D eigenvalue weighted by atomic mass is 32.2. The number of carbonyl (C=O) groups is 3. The standard InChI is InChI=1S/C24H31N3O4S2/c1-17(22(29)27(24-25-14-16-33-24)19-11-7-4-8-12-19)31-23(30)20(13-15-32-2)26-21(28)18-9-5-3-6-10-18/h3,5-6,9-10,14,16-17,19-20H,4,7-8,11-13,15H2,1-2H3,(H,26,28). The quantitative estimate of drug-likeness (QED) is 0.501. The Balaban J connectivity index is 1.69. The van der Waals surface area contributed by atoms with E-state index < -0.39 is 18.1 Å². The lowest BCUT2D eigenvalue weighted by Crippen LogP contribution is -2.49. The Morgan fingerprint density at radius 2 is 1.94 bits per heavy atom. The first-order valence-electron chi connectivity index (χ1n) is 11.3. The molecule has 0 bridgehead atoms. The van der Waals surface area contributed by atoms with Gasteiger partial charge < -0.3 is 10.1 Å². The number of nitrogens with zero attached hydrogens (tertiary/aromatic N) is 2. The number of carbonyl (C=O) groups excluding carboxylic acids is 3. The van der Waals surface area contributed by atoms with E-state index in [0.717, 1.165) is 25.7 Å². The average molecular weight is 490 g/mol. The second-order valence-electron chi connectivity index (χ2n) is 8.07. The summed E-state index contributed by atoms with van der Waals surface area (Å²) in [6, 6.07) is 7.96. The fraction of sp³-hybridized carbons (Fsp3) is 0.500. The summed E-state index contributed by atoms with van der Waals surface area (Å²) < 4.78 is 5.60. The molecule has 1 aromatic carbocycles. The molecule has 1 aliphatic carbocycles. The van der Waals surface area contributed by atoms with E-state index >= 15 is 0 Å². The number of thioether (sulfide) groups is 1. The summed E-state index contributed by atoms with van der Waals surface area (Å²) in [5.41, 5.74) is 0.468. The normalized spacial score (nSPS) is 15.9. The van der Waals surface area contributed by atoms with Gasteiger partial charge in [0.15, 0.2) is 11.2 Å². The van der Waals surface area contributed by atoms with Crippen molar-refractivity contribution in [3.63, 3.8) is 0 Å². The maximum Gasteiger partial charge on any atom is 0.329 e. The van der Waals surface area contributed by atoms with Gasteiger partial charge in [0.1, 0.15) is 6.04 Å². The van der Waals surface area contributed by atoms with Crippen molar-refractivity contribution in [1.82, 2.24) is 10.3 Å². The van der Waals surface area contributed by atoms with E-state index in [1.807, 2.05) is 17.7 Å². The number of nitrogens with one attached hydrogen (secondary N) is 1. The van der Waals surface area contributed by atoms with Crippen LogP contribution < -0.4 is 10.2 Å². The van der Waals surface area contributed by atoms with Crippen molar-refractivity contribution >= 4 is 46.0 Å². The molecule has 9 heteroatoms. The molecule has 2 atom stereocenters. The predicted molar refractivity (Wildman–Crippen MR) is 133 cm³/mol. The molecule has 1 saturated carbocycles. The first-order valence-corrected chi connectivity index (χ1v) is 13.6. The minimum Gasteiger partial charge on any atom is -0.451 e. The molecule has 0 spiro atoms. The number of ether oxygens (including phenoxy) is 1. The van der Waals surface area contributed by atoms with Crippen LogP contribution in [0.2, 0.25) is 0 Å². The second kappa shape index (κ2) is 12.7. The number of esters is 1. The maximum atomic E-state index is 13.4. The topological polar surface area (TPSA) is 88.6 Å².